The monoisotopic (exact) mass is 248 g/mol. The molecule has 0 bridgehead atoms. The molecule has 0 amide bonds. The van der Waals surface area contributed by atoms with Crippen LogP contribution < -0.4 is 0 Å². The van der Waals surface area contributed by atoms with Crippen molar-refractivity contribution in [1.29, 1.82) is 0 Å². The van der Waals surface area contributed by atoms with E-state index in [0.29, 0.717) is 0 Å². The molecule has 0 saturated heterocycles. The van der Waals surface area contributed by atoms with Crippen molar-refractivity contribution >= 4 is 11.3 Å². The predicted molar refractivity (Wildman–Crippen MR) is 78.6 cm³/mol. The van der Waals surface area contributed by atoms with Gasteiger partial charge in [-0.3, -0.25) is 0 Å². The lowest BCUT2D eigenvalue weighted by Crippen LogP contribution is -2.16. The van der Waals surface area contributed by atoms with Gasteiger partial charge in [-0.15, -0.1) is 0 Å². The summed E-state index contributed by atoms with van der Waals surface area (Å²) in [5.74, 6) is 0. The van der Waals surface area contributed by atoms with E-state index >= 15 is 0 Å². The van der Waals surface area contributed by atoms with Gasteiger partial charge in [-0.2, -0.15) is 10.2 Å². The van der Waals surface area contributed by atoms with Gasteiger partial charge in [0.2, 0.25) is 0 Å². The Hall–Kier alpha value is -2.22. The minimum absolute atomic E-state index is 0.271. The molecule has 2 nitrogen and oxygen atoms in total. The zero-order valence-corrected chi connectivity index (χ0v) is 11.2. The third-order valence-corrected chi connectivity index (χ3v) is 3.36. The first-order valence-corrected chi connectivity index (χ1v) is 6.47. The molecule has 3 rings (SSSR count). The maximum absolute atomic E-state index is 4.43. The second-order valence-electron chi connectivity index (χ2n) is 5.21. The van der Waals surface area contributed by atoms with E-state index in [-0.39, 0.29) is 5.54 Å². The minimum Gasteiger partial charge on any atom is -0.178 e. The van der Waals surface area contributed by atoms with Crippen LogP contribution in [-0.4, -0.2) is 5.54 Å². The zero-order valence-electron chi connectivity index (χ0n) is 11.2. The van der Waals surface area contributed by atoms with E-state index in [0.717, 1.165) is 11.3 Å². The van der Waals surface area contributed by atoms with Gasteiger partial charge >= 0.3 is 0 Å². The number of nitrogens with zero attached hydrogens (tertiary/aromatic N) is 2. The van der Waals surface area contributed by atoms with E-state index in [9.17, 15) is 0 Å². The smallest absolute Gasteiger partial charge is 0.104 e. The van der Waals surface area contributed by atoms with Gasteiger partial charge in [0.15, 0.2) is 0 Å². The summed E-state index contributed by atoms with van der Waals surface area (Å²) in [4.78, 5) is 0. The van der Waals surface area contributed by atoms with Gasteiger partial charge in [0.25, 0.3) is 0 Å². The predicted octanol–water partition coefficient (Wildman–Crippen LogP) is 4.80. The van der Waals surface area contributed by atoms with Gasteiger partial charge in [0.1, 0.15) is 5.54 Å². The maximum Gasteiger partial charge on any atom is 0.104 e. The van der Waals surface area contributed by atoms with Crippen LogP contribution in [0, 0.1) is 0 Å². The van der Waals surface area contributed by atoms with Crippen LogP contribution in [0.2, 0.25) is 0 Å². The first-order valence-electron chi connectivity index (χ1n) is 6.47. The van der Waals surface area contributed by atoms with Gasteiger partial charge in [0.05, 0.1) is 5.70 Å². The Kier molecular flexibility index (Phi) is 2.79. The number of benzene rings is 2. The maximum atomic E-state index is 4.43. The van der Waals surface area contributed by atoms with Crippen LogP contribution in [-0.2, 0) is 0 Å². The summed E-state index contributed by atoms with van der Waals surface area (Å²) in [6.07, 6.45) is 0. The van der Waals surface area contributed by atoms with Crippen molar-refractivity contribution in [1.82, 2.24) is 0 Å². The normalized spacial score (nSPS) is 16.9. The van der Waals surface area contributed by atoms with E-state index in [2.05, 4.69) is 60.5 Å². The van der Waals surface area contributed by atoms with Gasteiger partial charge in [0, 0.05) is 11.1 Å². The molecular weight excluding hydrogens is 232 g/mol. The molecular formula is C17H16N2. The highest BCUT2D eigenvalue weighted by molar-refractivity contribution is 5.95. The summed E-state index contributed by atoms with van der Waals surface area (Å²) < 4.78 is 0. The van der Waals surface area contributed by atoms with Crippen LogP contribution >= 0.6 is 0 Å². The molecule has 1 aliphatic rings. The van der Waals surface area contributed by atoms with Crippen molar-refractivity contribution in [3.63, 3.8) is 0 Å². The number of azo groups is 1. The molecule has 2 aromatic carbocycles. The van der Waals surface area contributed by atoms with Crippen molar-refractivity contribution in [2.24, 2.45) is 10.2 Å². The van der Waals surface area contributed by atoms with Crippen molar-refractivity contribution in [3.8, 4) is 0 Å². The van der Waals surface area contributed by atoms with E-state index in [1.165, 1.54) is 11.1 Å². The molecule has 19 heavy (non-hydrogen) atoms. The Morgan fingerprint density at radius 2 is 1.26 bits per heavy atom. The fourth-order valence-electron chi connectivity index (χ4n) is 2.46. The van der Waals surface area contributed by atoms with Gasteiger partial charge in [-0.1, -0.05) is 60.7 Å². The van der Waals surface area contributed by atoms with Gasteiger partial charge in [-0.25, -0.2) is 0 Å². The van der Waals surface area contributed by atoms with E-state index < -0.39 is 0 Å². The second-order valence-corrected chi connectivity index (χ2v) is 5.21. The van der Waals surface area contributed by atoms with Crippen molar-refractivity contribution in [2.45, 2.75) is 19.4 Å². The fourth-order valence-corrected chi connectivity index (χ4v) is 2.46. The Bertz CT molecular complexity index is 637. The lowest BCUT2D eigenvalue weighted by Gasteiger charge is -2.19. The average molecular weight is 248 g/mol. The van der Waals surface area contributed by atoms with E-state index in [4.69, 9.17) is 0 Å². The van der Waals surface area contributed by atoms with Crippen molar-refractivity contribution < 1.29 is 0 Å². The van der Waals surface area contributed by atoms with Gasteiger partial charge in [-0.05, 0) is 19.4 Å². The molecule has 0 aromatic heterocycles. The molecule has 1 aliphatic heterocycles. The Labute approximate surface area is 113 Å². The summed E-state index contributed by atoms with van der Waals surface area (Å²) in [5.41, 5.74) is 4.22. The molecule has 94 valence electrons. The SMILES string of the molecule is CC1(C)N=NC(c2ccccc2)=C1c1ccccc1. The average Bonchev–Trinajstić information content (AvgIpc) is 2.76. The summed E-state index contributed by atoms with van der Waals surface area (Å²) in [5, 5.41) is 8.86. The molecule has 0 fully saturated rings. The molecule has 0 atom stereocenters. The van der Waals surface area contributed by atoms with Crippen LogP contribution in [0.15, 0.2) is 70.9 Å². The molecule has 1 heterocycles. The standard InChI is InChI=1S/C17H16N2/c1-17(2)15(13-9-5-3-6-10-13)16(18-19-17)14-11-7-4-8-12-14/h3-12H,1-2H3. The Morgan fingerprint density at radius 1 is 0.737 bits per heavy atom. The van der Waals surface area contributed by atoms with Gasteiger partial charge < -0.3 is 0 Å². The van der Waals surface area contributed by atoms with Crippen molar-refractivity contribution in [3.05, 3.63) is 71.8 Å². The molecule has 2 aromatic rings. The van der Waals surface area contributed by atoms with E-state index in [1.807, 2.05) is 24.3 Å². The zero-order chi connectivity index (χ0) is 13.3. The third-order valence-electron chi connectivity index (χ3n) is 3.36. The first kappa shape index (κ1) is 11.8. The first-order chi connectivity index (χ1) is 9.18. The Balaban J connectivity index is 2.21. The minimum atomic E-state index is -0.271. The summed E-state index contributed by atoms with van der Waals surface area (Å²) in [7, 11) is 0. The van der Waals surface area contributed by atoms with Crippen LogP contribution in [0.5, 0.6) is 0 Å². The number of rotatable bonds is 2. The molecule has 0 unspecified atom stereocenters. The van der Waals surface area contributed by atoms with Crippen LogP contribution in [0.25, 0.3) is 11.3 Å². The molecule has 0 N–H and O–H groups in total. The molecule has 2 heteroatoms. The summed E-state index contributed by atoms with van der Waals surface area (Å²) in [6.45, 7) is 4.21. The third kappa shape index (κ3) is 2.10. The largest absolute Gasteiger partial charge is 0.178 e. The lowest BCUT2D eigenvalue weighted by atomic mass is 9.87. The fraction of sp³-hybridized carbons (Fsp3) is 0.176. The van der Waals surface area contributed by atoms with Crippen LogP contribution in [0.4, 0.5) is 0 Å². The second kappa shape index (κ2) is 4.47. The number of hydrogen-bond donors (Lipinski definition) is 0. The topological polar surface area (TPSA) is 24.7 Å². The Morgan fingerprint density at radius 3 is 1.84 bits per heavy atom. The molecule has 0 radical (unpaired) electrons. The quantitative estimate of drug-likeness (QED) is 0.729. The highest BCUT2D eigenvalue weighted by Crippen LogP contribution is 2.42. The highest BCUT2D eigenvalue weighted by atomic mass is 15.2. The lowest BCUT2D eigenvalue weighted by molar-refractivity contribution is 0.661. The van der Waals surface area contributed by atoms with Crippen LogP contribution in [0.1, 0.15) is 25.0 Å². The summed E-state index contributed by atoms with van der Waals surface area (Å²) >= 11 is 0. The molecule has 0 aliphatic carbocycles. The molecule has 0 saturated carbocycles. The van der Waals surface area contributed by atoms with E-state index in [1.54, 1.807) is 0 Å². The highest BCUT2D eigenvalue weighted by Gasteiger charge is 2.32. The molecule has 0 spiro atoms. The summed E-state index contributed by atoms with van der Waals surface area (Å²) in [6, 6.07) is 20.6. The van der Waals surface area contributed by atoms with Crippen LogP contribution in [0.3, 0.4) is 0 Å². The number of hydrogen-bond acceptors (Lipinski definition) is 2. The van der Waals surface area contributed by atoms with Crippen molar-refractivity contribution in [2.75, 3.05) is 0 Å².